The van der Waals surface area contributed by atoms with Crippen molar-refractivity contribution in [3.8, 4) is 0 Å². The van der Waals surface area contributed by atoms with Crippen molar-refractivity contribution >= 4 is 23.9 Å². The van der Waals surface area contributed by atoms with Gasteiger partial charge in [0.05, 0.1) is 56.6 Å². The Balaban J connectivity index is 1.14. The molecule has 0 aromatic rings. The van der Waals surface area contributed by atoms with Gasteiger partial charge in [0.15, 0.2) is 43.3 Å². The van der Waals surface area contributed by atoms with E-state index >= 15 is 0 Å². The van der Waals surface area contributed by atoms with E-state index < -0.39 is 205 Å². The van der Waals surface area contributed by atoms with E-state index in [0.717, 1.165) is 37.2 Å². The summed E-state index contributed by atoms with van der Waals surface area (Å²) in [5, 5.41) is 113. The molecule has 0 amide bonds. The van der Waals surface area contributed by atoms with Crippen molar-refractivity contribution in [2.24, 2.45) is 56.2 Å². The van der Waals surface area contributed by atoms with Crippen LogP contribution in [0.4, 0.5) is 0 Å². The fraction of sp³-hybridized carbons (Fsp3) is 0.846. The second kappa shape index (κ2) is 27.1. The van der Waals surface area contributed by atoms with Crippen molar-refractivity contribution in [3.05, 3.63) is 34.9 Å². The summed E-state index contributed by atoms with van der Waals surface area (Å²) in [5.41, 5.74) is -3.00. The van der Waals surface area contributed by atoms with Crippen LogP contribution in [-0.4, -0.2) is 218 Å². The summed E-state index contributed by atoms with van der Waals surface area (Å²) in [6.45, 7) is 22.6. The Morgan fingerprint density at radius 2 is 1.30 bits per heavy atom. The Bertz CT molecular complexity index is 2630. The highest BCUT2D eigenvalue weighted by molar-refractivity contribution is 5.83. The Labute approximate surface area is 522 Å². The van der Waals surface area contributed by atoms with Gasteiger partial charge in [-0.1, -0.05) is 91.2 Å². The predicted octanol–water partition coefficient (Wildman–Crippen LogP) is 2.73. The predicted molar refractivity (Wildman–Crippen MR) is 314 cm³/mol. The quantitative estimate of drug-likeness (QED) is 0.0292. The van der Waals surface area contributed by atoms with Crippen molar-refractivity contribution in [3.63, 3.8) is 0 Å². The molecule has 3 heterocycles. The summed E-state index contributed by atoms with van der Waals surface area (Å²) in [6, 6.07) is 0. The van der Waals surface area contributed by atoms with Crippen molar-refractivity contribution in [1.82, 2.24) is 0 Å². The van der Waals surface area contributed by atoms with Gasteiger partial charge in [0.1, 0.15) is 54.9 Å². The molecule has 5 aliphatic carbocycles. The van der Waals surface area contributed by atoms with E-state index in [1.165, 1.54) is 6.08 Å². The van der Waals surface area contributed by atoms with E-state index in [-0.39, 0.29) is 11.8 Å². The van der Waals surface area contributed by atoms with Crippen LogP contribution < -0.4 is 0 Å². The Hall–Kier alpha value is -3.54. The lowest BCUT2D eigenvalue weighted by molar-refractivity contribution is -0.383. The van der Waals surface area contributed by atoms with Gasteiger partial charge in [-0.05, 0) is 113 Å². The van der Waals surface area contributed by atoms with E-state index in [2.05, 4.69) is 26.0 Å². The monoisotopic (exact) mass is 1270 g/mol. The molecule has 1 unspecified atom stereocenters. The van der Waals surface area contributed by atoms with Gasteiger partial charge in [-0.3, -0.25) is 9.59 Å². The molecule has 89 heavy (non-hydrogen) atoms. The normalized spacial score (nSPS) is 45.3. The summed E-state index contributed by atoms with van der Waals surface area (Å²) < 4.78 is 61.5. The zero-order valence-corrected chi connectivity index (χ0v) is 54.2. The molecule has 3 saturated heterocycles. The maximum Gasteiger partial charge on any atom is 0.338 e. The van der Waals surface area contributed by atoms with E-state index in [4.69, 9.17) is 47.4 Å². The first-order valence-corrected chi connectivity index (χ1v) is 31.8. The van der Waals surface area contributed by atoms with Gasteiger partial charge in [-0.25, -0.2) is 9.59 Å². The fourth-order valence-electron chi connectivity index (χ4n) is 17.4. The van der Waals surface area contributed by atoms with E-state index in [1.807, 2.05) is 62.3 Å². The number of aliphatic hydroxyl groups excluding tert-OH is 10. The average Bonchev–Trinajstić information content (AvgIpc) is 0.913. The van der Waals surface area contributed by atoms with Crippen LogP contribution in [0.15, 0.2) is 34.9 Å². The topological polar surface area (TPSA) is 363 Å². The van der Waals surface area contributed by atoms with E-state index in [9.17, 15) is 70.2 Å². The number of esters is 4. The van der Waals surface area contributed by atoms with Crippen molar-refractivity contribution in [2.45, 2.75) is 264 Å². The first-order valence-electron chi connectivity index (χ1n) is 31.8. The minimum Gasteiger partial charge on any atom is -0.467 e. The molecule has 24 heteroatoms. The molecular formula is C65H102O24. The van der Waals surface area contributed by atoms with Crippen LogP contribution in [0.3, 0.4) is 0 Å². The molecule has 0 bridgehead atoms. The summed E-state index contributed by atoms with van der Waals surface area (Å²) >= 11 is 0. The van der Waals surface area contributed by atoms with E-state index in [0.29, 0.717) is 51.4 Å². The highest BCUT2D eigenvalue weighted by atomic mass is 16.8. The lowest BCUT2D eigenvalue weighted by Gasteiger charge is -2.73. The van der Waals surface area contributed by atoms with Gasteiger partial charge in [0.25, 0.3) is 0 Å². The zero-order chi connectivity index (χ0) is 66.0. The lowest BCUT2D eigenvalue weighted by atomic mass is 9.32. The number of fused-ring (bicyclic) bond motifs is 7. The number of ether oxygens (including phenoxy) is 10. The molecule has 27 atom stereocenters. The Kier molecular flexibility index (Phi) is 21.7. The smallest absolute Gasteiger partial charge is 0.338 e. The van der Waals surface area contributed by atoms with Crippen molar-refractivity contribution < 1.29 is 118 Å². The molecule has 4 saturated carbocycles. The van der Waals surface area contributed by atoms with Crippen LogP contribution in [0.25, 0.3) is 0 Å². The van der Waals surface area contributed by atoms with E-state index in [1.54, 1.807) is 6.92 Å². The third-order valence-corrected chi connectivity index (χ3v) is 22.8. The highest BCUT2D eigenvalue weighted by Crippen LogP contribution is 2.76. The molecular weight excluding hydrogens is 1160 g/mol. The van der Waals surface area contributed by atoms with Crippen LogP contribution >= 0.6 is 0 Å². The first kappa shape index (κ1) is 71.3. The number of aliphatic hydroxyl groups is 10. The lowest BCUT2D eigenvalue weighted by Crippen LogP contribution is -2.76. The summed E-state index contributed by atoms with van der Waals surface area (Å²) in [6.07, 6.45) is -20.9. The molecule has 0 spiro atoms. The molecule has 8 aliphatic rings. The summed E-state index contributed by atoms with van der Waals surface area (Å²) in [7, 11) is 1.06. The maximum atomic E-state index is 14.1. The molecule has 24 nitrogen and oxygen atoms in total. The van der Waals surface area contributed by atoms with Crippen LogP contribution in [0.1, 0.15) is 148 Å². The number of carbonyl (C=O) groups excluding carboxylic acids is 4. The number of allylic oxidation sites excluding steroid dienone is 4. The number of hydrogen-bond acceptors (Lipinski definition) is 24. The van der Waals surface area contributed by atoms with Gasteiger partial charge in [0.2, 0.25) is 0 Å². The van der Waals surface area contributed by atoms with Gasteiger partial charge < -0.3 is 98.4 Å². The van der Waals surface area contributed by atoms with Gasteiger partial charge in [-0.15, -0.1) is 0 Å². The van der Waals surface area contributed by atoms with Crippen molar-refractivity contribution in [2.75, 3.05) is 26.9 Å². The Morgan fingerprint density at radius 3 is 1.88 bits per heavy atom. The van der Waals surface area contributed by atoms with Crippen LogP contribution in [0, 0.1) is 56.2 Å². The zero-order valence-electron chi connectivity index (χ0n) is 54.2. The van der Waals surface area contributed by atoms with Crippen LogP contribution in [0.5, 0.6) is 0 Å². The largest absolute Gasteiger partial charge is 0.467 e. The standard InChI is InChI=1S/C65H102O24/c1-15-32(5)55(78)89-54-53(85-41(70)25-31(4)18-16-17-30(2)3)60(7,8)26-35-34-19-20-39-62(11)23-22-40(61(9,10)38(62)21-24-63(39,12)64(34,13)51(76)52(77)65(35,54)29-68)84-59-50(88-58-46(75)44(73)42(71)36(27-66)82-58)48(81-33(6)69)47(49(87-59)56(79)80-14)86-57-45(74)43(72)37(28-67)83-57/h17,19,25,32,35-40,42-54,57-59,66-68,71-77H,15-16,18,20-24,26-29H2,1-14H3/b31-25-/t32?,35-,36+,37-,38-,39+,40-,42+,43-,44-,45+,46+,47-,48-,49-,50+,51-,52+,53-,54-,57-,58-,59+,62-,63+,64-,65-/m0/s1. The SMILES string of the molecule is CCC(C)C(=O)O[C@H]1[C@H](OC(=O)/C=C(/C)CCC=C(C)C)C(C)(C)C[C@H]2C3=CC[C@@H]4[C@@]5(C)CC[C@H](O[C@@H]6O[C@H](C(=O)OC)[C@@H](O[C@@H]7O[C@@H](CO)[C@H](O)[C@H]7O)[C@H](OC(C)=O)[C@H]6O[C@@H]6O[C@H](CO)[C@@H](O)[C@H](O)[C@H]6O)C(C)(C)[C@@H]5CC[C@@]4(C)[C@]3(C)[C@@H](O)[C@@H](O)[C@]21CO. The number of hydrogen-bond donors (Lipinski definition) is 10. The summed E-state index contributed by atoms with van der Waals surface area (Å²) in [5.74, 6) is -4.80. The molecule has 0 radical (unpaired) electrons. The van der Waals surface area contributed by atoms with Crippen LogP contribution in [0.2, 0.25) is 0 Å². The third-order valence-electron chi connectivity index (χ3n) is 22.8. The maximum absolute atomic E-state index is 14.1. The third kappa shape index (κ3) is 12.5. The van der Waals surface area contributed by atoms with Gasteiger partial charge in [0, 0.05) is 23.8 Å². The number of rotatable bonds is 19. The molecule has 0 aromatic carbocycles. The fourth-order valence-corrected chi connectivity index (χ4v) is 17.4. The molecule has 0 aromatic heterocycles. The highest BCUT2D eigenvalue weighted by Gasteiger charge is 2.76. The number of carbonyl (C=O) groups is 4. The van der Waals surface area contributed by atoms with Gasteiger partial charge in [-0.2, -0.15) is 0 Å². The molecule has 7 fully saturated rings. The summed E-state index contributed by atoms with van der Waals surface area (Å²) in [4.78, 5) is 55.3. The molecule has 8 rings (SSSR count). The second-order valence-electron chi connectivity index (χ2n) is 29.0. The number of methoxy groups -OCH3 is 1. The van der Waals surface area contributed by atoms with Crippen LogP contribution in [-0.2, 0) is 66.5 Å². The first-order chi connectivity index (χ1) is 41.6. The Morgan fingerprint density at radius 1 is 0.697 bits per heavy atom. The molecule has 3 aliphatic heterocycles. The van der Waals surface area contributed by atoms with Crippen molar-refractivity contribution in [1.29, 1.82) is 0 Å². The van der Waals surface area contributed by atoms with Gasteiger partial charge >= 0.3 is 23.9 Å². The minimum atomic E-state index is -2.00. The minimum absolute atomic E-state index is 0.150. The second-order valence-corrected chi connectivity index (χ2v) is 29.0. The average molecular weight is 1270 g/mol. The molecule has 506 valence electrons. The molecule has 10 N–H and O–H groups in total.